The summed E-state index contributed by atoms with van der Waals surface area (Å²) in [5.74, 6) is -0.0663. The number of nitrogens with zero attached hydrogens (tertiary/aromatic N) is 1. The minimum absolute atomic E-state index is 0.0663. The summed E-state index contributed by atoms with van der Waals surface area (Å²) in [6.07, 6.45) is 6.11. The van der Waals surface area contributed by atoms with Gasteiger partial charge in [-0.15, -0.1) is 0 Å². The highest BCUT2D eigenvalue weighted by atomic mass is 16.5. The number of hydrogen-bond donors (Lipinski definition) is 0. The maximum absolute atomic E-state index is 11.3. The third-order valence-corrected chi connectivity index (χ3v) is 3.52. The van der Waals surface area contributed by atoms with E-state index >= 15 is 0 Å². The van der Waals surface area contributed by atoms with Gasteiger partial charge in [0.1, 0.15) is 0 Å². The number of para-hydroxylation sites is 1. The van der Waals surface area contributed by atoms with Gasteiger partial charge in [0.15, 0.2) is 0 Å². The Balaban J connectivity index is 2.29. The molecule has 0 unspecified atom stereocenters. The van der Waals surface area contributed by atoms with Crippen molar-refractivity contribution < 1.29 is 9.53 Å². The zero-order valence-corrected chi connectivity index (χ0v) is 13.5. The number of esters is 1. The molecule has 0 aromatic heterocycles. The SMILES string of the molecule is CCCCN(CCCCCC(=O)OCC)c1ccccc1. The molecule has 0 fully saturated rings. The van der Waals surface area contributed by atoms with E-state index in [1.165, 1.54) is 18.5 Å². The van der Waals surface area contributed by atoms with Gasteiger partial charge in [-0.25, -0.2) is 0 Å². The molecule has 3 heteroatoms. The lowest BCUT2D eigenvalue weighted by Gasteiger charge is -2.24. The lowest BCUT2D eigenvalue weighted by molar-refractivity contribution is -0.143. The Morgan fingerprint density at radius 1 is 1.00 bits per heavy atom. The second-order valence-corrected chi connectivity index (χ2v) is 5.29. The van der Waals surface area contributed by atoms with Crippen LogP contribution in [-0.2, 0) is 9.53 Å². The summed E-state index contributed by atoms with van der Waals surface area (Å²) in [5, 5.41) is 0. The number of ether oxygens (including phenoxy) is 1. The highest BCUT2D eigenvalue weighted by Gasteiger charge is 2.06. The molecule has 0 aliphatic carbocycles. The van der Waals surface area contributed by atoms with Crippen molar-refractivity contribution in [3.8, 4) is 0 Å². The van der Waals surface area contributed by atoms with Crippen LogP contribution in [0.3, 0.4) is 0 Å². The Morgan fingerprint density at radius 3 is 2.38 bits per heavy atom. The van der Waals surface area contributed by atoms with Crippen LogP contribution < -0.4 is 4.90 Å². The first kappa shape index (κ1) is 17.5. The predicted octanol–water partition coefficient (Wildman–Crippen LogP) is 4.42. The topological polar surface area (TPSA) is 29.5 Å². The number of unbranched alkanes of at least 4 members (excludes halogenated alkanes) is 3. The monoisotopic (exact) mass is 291 g/mol. The highest BCUT2D eigenvalue weighted by molar-refractivity contribution is 5.69. The van der Waals surface area contributed by atoms with E-state index in [0.717, 1.165) is 32.4 Å². The molecule has 1 rings (SSSR count). The first-order valence-electron chi connectivity index (χ1n) is 8.23. The Bertz CT molecular complexity index is 378. The van der Waals surface area contributed by atoms with E-state index in [4.69, 9.17) is 4.74 Å². The van der Waals surface area contributed by atoms with E-state index in [1.807, 2.05) is 6.92 Å². The van der Waals surface area contributed by atoms with Crippen LogP contribution in [0.15, 0.2) is 30.3 Å². The second-order valence-electron chi connectivity index (χ2n) is 5.29. The molecule has 1 aromatic carbocycles. The molecule has 3 nitrogen and oxygen atoms in total. The lowest BCUT2D eigenvalue weighted by atomic mass is 10.1. The molecule has 0 saturated heterocycles. The average Bonchev–Trinajstić information content (AvgIpc) is 2.51. The van der Waals surface area contributed by atoms with Gasteiger partial charge in [-0.1, -0.05) is 38.0 Å². The van der Waals surface area contributed by atoms with E-state index in [1.54, 1.807) is 0 Å². The van der Waals surface area contributed by atoms with Crippen LogP contribution in [0.5, 0.6) is 0 Å². The van der Waals surface area contributed by atoms with Crippen LogP contribution in [0.1, 0.15) is 52.4 Å². The molecule has 0 atom stereocenters. The van der Waals surface area contributed by atoms with E-state index in [2.05, 4.69) is 42.2 Å². The van der Waals surface area contributed by atoms with Crippen LogP contribution in [-0.4, -0.2) is 25.7 Å². The fraction of sp³-hybridized carbons (Fsp3) is 0.611. The van der Waals surface area contributed by atoms with Crippen molar-refractivity contribution in [1.82, 2.24) is 0 Å². The summed E-state index contributed by atoms with van der Waals surface area (Å²) in [4.78, 5) is 13.7. The summed E-state index contributed by atoms with van der Waals surface area (Å²) in [6.45, 7) is 6.73. The average molecular weight is 291 g/mol. The molecule has 21 heavy (non-hydrogen) atoms. The largest absolute Gasteiger partial charge is 0.466 e. The standard InChI is InChI=1S/C18H29NO2/c1-3-5-15-19(17-12-8-6-9-13-17)16-11-7-10-14-18(20)21-4-2/h6,8-9,12-13H,3-5,7,10-11,14-16H2,1-2H3. The molecule has 0 aliphatic heterocycles. The smallest absolute Gasteiger partial charge is 0.305 e. The molecule has 0 spiro atoms. The summed E-state index contributed by atoms with van der Waals surface area (Å²) < 4.78 is 4.94. The molecule has 1 aromatic rings. The third-order valence-electron chi connectivity index (χ3n) is 3.52. The van der Waals surface area contributed by atoms with Gasteiger partial charge in [0, 0.05) is 25.2 Å². The normalized spacial score (nSPS) is 10.4. The van der Waals surface area contributed by atoms with Gasteiger partial charge < -0.3 is 9.64 Å². The van der Waals surface area contributed by atoms with Gasteiger partial charge >= 0.3 is 5.97 Å². The summed E-state index contributed by atoms with van der Waals surface area (Å²) in [5.41, 5.74) is 1.30. The minimum atomic E-state index is -0.0663. The van der Waals surface area contributed by atoms with E-state index in [9.17, 15) is 4.79 Å². The Kier molecular flexibility index (Phi) is 9.34. The molecule has 118 valence electrons. The van der Waals surface area contributed by atoms with Crippen LogP contribution in [0.2, 0.25) is 0 Å². The maximum Gasteiger partial charge on any atom is 0.305 e. The van der Waals surface area contributed by atoms with Crippen molar-refractivity contribution in [2.45, 2.75) is 52.4 Å². The molecule has 0 radical (unpaired) electrons. The maximum atomic E-state index is 11.3. The summed E-state index contributed by atoms with van der Waals surface area (Å²) in [7, 11) is 0. The van der Waals surface area contributed by atoms with Crippen molar-refractivity contribution in [2.24, 2.45) is 0 Å². The lowest BCUT2D eigenvalue weighted by Crippen LogP contribution is -2.25. The molecule has 0 amide bonds. The minimum Gasteiger partial charge on any atom is -0.466 e. The summed E-state index contributed by atoms with van der Waals surface area (Å²) >= 11 is 0. The number of carbonyl (C=O) groups is 1. The Hall–Kier alpha value is -1.51. The van der Waals surface area contributed by atoms with Crippen molar-refractivity contribution >= 4 is 11.7 Å². The Labute approximate surface area is 129 Å². The van der Waals surface area contributed by atoms with Gasteiger partial charge in [0.2, 0.25) is 0 Å². The molecular formula is C18H29NO2. The van der Waals surface area contributed by atoms with Crippen LogP contribution >= 0.6 is 0 Å². The molecular weight excluding hydrogens is 262 g/mol. The predicted molar refractivity (Wildman–Crippen MR) is 88.7 cm³/mol. The zero-order valence-electron chi connectivity index (χ0n) is 13.5. The van der Waals surface area contributed by atoms with E-state index < -0.39 is 0 Å². The number of anilines is 1. The van der Waals surface area contributed by atoms with Gasteiger partial charge in [-0.2, -0.15) is 0 Å². The number of carbonyl (C=O) groups excluding carboxylic acids is 1. The molecule has 0 aliphatic rings. The van der Waals surface area contributed by atoms with E-state index in [0.29, 0.717) is 13.0 Å². The van der Waals surface area contributed by atoms with Gasteiger partial charge in [-0.3, -0.25) is 4.79 Å². The zero-order chi connectivity index (χ0) is 15.3. The molecule has 0 heterocycles. The van der Waals surface area contributed by atoms with Gasteiger partial charge in [-0.05, 0) is 38.3 Å². The fourth-order valence-corrected chi connectivity index (χ4v) is 2.34. The first-order valence-corrected chi connectivity index (χ1v) is 8.23. The number of benzene rings is 1. The van der Waals surface area contributed by atoms with E-state index in [-0.39, 0.29) is 5.97 Å². The van der Waals surface area contributed by atoms with Gasteiger partial charge in [0.05, 0.1) is 6.61 Å². The van der Waals surface area contributed by atoms with Crippen LogP contribution in [0.4, 0.5) is 5.69 Å². The quantitative estimate of drug-likeness (QED) is 0.446. The van der Waals surface area contributed by atoms with Gasteiger partial charge in [0.25, 0.3) is 0 Å². The third kappa shape index (κ3) is 7.74. The summed E-state index contributed by atoms with van der Waals surface area (Å²) in [6, 6.07) is 10.6. The second kappa shape index (κ2) is 11.2. The fourth-order valence-electron chi connectivity index (χ4n) is 2.34. The first-order chi connectivity index (χ1) is 10.3. The van der Waals surface area contributed by atoms with Crippen molar-refractivity contribution in [2.75, 3.05) is 24.6 Å². The van der Waals surface area contributed by atoms with Crippen LogP contribution in [0.25, 0.3) is 0 Å². The number of rotatable bonds is 11. The van der Waals surface area contributed by atoms with Crippen molar-refractivity contribution in [3.63, 3.8) is 0 Å². The molecule has 0 bridgehead atoms. The number of hydrogen-bond acceptors (Lipinski definition) is 3. The van der Waals surface area contributed by atoms with Crippen molar-refractivity contribution in [3.05, 3.63) is 30.3 Å². The molecule has 0 saturated carbocycles. The van der Waals surface area contributed by atoms with Crippen molar-refractivity contribution in [1.29, 1.82) is 0 Å². The Morgan fingerprint density at radius 2 is 1.71 bits per heavy atom. The van der Waals surface area contributed by atoms with Crippen LogP contribution in [0, 0.1) is 0 Å². The molecule has 0 N–H and O–H groups in total. The highest BCUT2D eigenvalue weighted by Crippen LogP contribution is 2.15.